The molecule has 2 aromatic rings. The molecule has 5 rings (SSSR count). The molecule has 2 aromatic carbocycles. The normalized spacial score (nSPS) is 30.1. The van der Waals surface area contributed by atoms with Gasteiger partial charge in [0.1, 0.15) is 17.2 Å². The van der Waals surface area contributed by atoms with E-state index in [9.17, 15) is 35.1 Å². The number of aliphatic hydroxyl groups is 3. The average Bonchev–Trinajstić information content (AvgIpc) is 2.87. The maximum atomic E-state index is 13.6. The van der Waals surface area contributed by atoms with Crippen LogP contribution < -0.4 is 10.5 Å². The highest BCUT2D eigenvalue weighted by Crippen LogP contribution is 2.52. The van der Waals surface area contributed by atoms with Gasteiger partial charge in [0.15, 0.2) is 12.1 Å². The van der Waals surface area contributed by atoms with Crippen LogP contribution in [0.25, 0.3) is 0 Å². The van der Waals surface area contributed by atoms with Crippen molar-refractivity contribution >= 4 is 24.0 Å². The molecule has 0 aromatic heterocycles. The Morgan fingerprint density at radius 2 is 1.82 bits per heavy atom. The van der Waals surface area contributed by atoms with Gasteiger partial charge in [-0.2, -0.15) is 0 Å². The third-order valence-electron chi connectivity index (χ3n) is 7.52. The van der Waals surface area contributed by atoms with Crippen molar-refractivity contribution in [2.24, 2.45) is 5.73 Å². The molecule has 206 valence electrons. The summed E-state index contributed by atoms with van der Waals surface area (Å²) in [5.74, 6) is -2.43. The second kappa shape index (κ2) is 10.1. The van der Waals surface area contributed by atoms with Gasteiger partial charge in [0.05, 0.1) is 54.3 Å². The van der Waals surface area contributed by atoms with Crippen LogP contribution in [0.1, 0.15) is 68.8 Å². The van der Waals surface area contributed by atoms with Crippen molar-refractivity contribution in [2.75, 3.05) is 13.7 Å². The van der Waals surface area contributed by atoms with E-state index < -0.39 is 77.0 Å². The molecule has 0 spiro atoms. The lowest BCUT2D eigenvalue weighted by Crippen LogP contribution is -2.52. The Balaban J connectivity index is 0.00000336. The summed E-state index contributed by atoms with van der Waals surface area (Å²) in [5, 5.41) is 53.8. The van der Waals surface area contributed by atoms with E-state index in [1.165, 1.54) is 25.3 Å². The topological polar surface area (TPSA) is 189 Å². The fourth-order valence-electron chi connectivity index (χ4n) is 5.59. The number of nitrogens with two attached hydrogens (primary N) is 1. The zero-order valence-corrected chi connectivity index (χ0v) is 21.5. The van der Waals surface area contributed by atoms with E-state index in [1.54, 1.807) is 6.92 Å². The molecule has 38 heavy (non-hydrogen) atoms. The van der Waals surface area contributed by atoms with Gasteiger partial charge in [0.25, 0.3) is 0 Å². The van der Waals surface area contributed by atoms with E-state index in [2.05, 4.69) is 0 Å². The molecular formula is C26H30ClNO10. The summed E-state index contributed by atoms with van der Waals surface area (Å²) in [7, 11) is 1.35. The van der Waals surface area contributed by atoms with Crippen LogP contribution in [0.4, 0.5) is 0 Å². The Morgan fingerprint density at radius 3 is 2.45 bits per heavy atom. The maximum Gasteiger partial charge on any atom is 0.202 e. The molecule has 1 fully saturated rings. The Bertz CT molecular complexity index is 1290. The highest BCUT2D eigenvalue weighted by molar-refractivity contribution is 6.31. The van der Waals surface area contributed by atoms with Gasteiger partial charge < -0.3 is 45.5 Å². The third kappa shape index (κ3) is 4.24. The highest BCUT2D eigenvalue weighted by Gasteiger charge is 2.47. The molecule has 2 aliphatic carbocycles. The number of phenolic OH excluding ortho intramolecular Hbond substituents is 2. The predicted molar refractivity (Wildman–Crippen MR) is 134 cm³/mol. The van der Waals surface area contributed by atoms with Gasteiger partial charge in [-0.05, 0) is 13.0 Å². The first-order chi connectivity index (χ1) is 17.5. The molecule has 0 bridgehead atoms. The van der Waals surface area contributed by atoms with Crippen LogP contribution in [0.5, 0.6) is 17.2 Å². The number of aliphatic hydroxyl groups excluding tert-OH is 2. The average molecular weight is 552 g/mol. The van der Waals surface area contributed by atoms with Crippen LogP contribution in [0, 0.1) is 0 Å². The van der Waals surface area contributed by atoms with Gasteiger partial charge in [-0.3, -0.25) is 9.59 Å². The van der Waals surface area contributed by atoms with E-state index in [1.807, 2.05) is 0 Å². The van der Waals surface area contributed by atoms with Crippen LogP contribution >= 0.6 is 12.4 Å². The quantitative estimate of drug-likeness (QED) is 0.252. The van der Waals surface area contributed by atoms with Crippen LogP contribution in [0.15, 0.2) is 18.2 Å². The number of phenols is 2. The fourth-order valence-corrected chi connectivity index (χ4v) is 5.59. The smallest absolute Gasteiger partial charge is 0.202 e. The number of fused-ring (bicyclic) bond motifs is 3. The summed E-state index contributed by atoms with van der Waals surface area (Å²) in [6, 6.07) is 3.80. The van der Waals surface area contributed by atoms with Gasteiger partial charge in [-0.25, -0.2) is 0 Å². The first kappa shape index (κ1) is 28.2. The molecule has 6 atom stereocenters. The number of halogens is 1. The summed E-state index contributed by atoms with van der Waals surface area (Å²) in [4.78, 5) is 27.0. The van der Waals surface area contributed by atoms with E-state index in [0.29, 0.717) is 0 Å². The number of aromatic hydroxyl groups is 2. The van der Waals surface area contributed by atoms with Gasteiger partial charge in [0, 0.05) is 42.0 Å². The van der Waals surface area contributed by atoms with Crippen molar-refractivity contribution in [3.8, 4) is 17.2 Å². The lowest BCUT2D eigenvalue weighted by Gasteiger charge is -2.42. The van der Waals surface area contributed by atoms with Crippen molar-refractivity contribution in [3.63, 3.8) is 0 Å². The molecule has 4 unspecified atom stereocenters. The number of rotatable bonds is 4. The molecule has 1 aliphatic heterocycles. The first-order valence-corrected chi connectivity index (χ1v) is 12.0. The molecule has 0 saturated carbocycles. The number of carbonyl (C=O) groups excluding carboxylic acids is 2. The van der Waals surface area contributed by atoms with E-state index in [0.717, 1.165) is 0 Å². The largest absolute Gasteiger partial charge is 0.507 e. The predicted octanol–water partition coefficient (Wildman–Crippen LogP) is 0.854. The molecule has 3 aliphatic rings. The zero-order chi connectivity index (χ0) is 26.8. The van der Waals surface area contributed by atoms with Crippen LogP contribution in [-0.2, 0) is 15.9 Å². The van der Waals surface area contributed by atoms with Gasteiger partial charge in [-0.1, -0.05) is 12.1 Å². The summed E-state index contributed by atoms with van der Waals surface area (Å²) < 4.78 is 17.0. The highest BCUT2D eigenvalue weighted by atomic mass is 35.5. The van der Waals surface area contributed by atoms with Crippen molar-refractivity contribution in [3.05, 3.63) is 51.6 Å². The second-order valence-corrected chi connectivity index (χ2v) is 9.93. The molecule has 1 heterocycles. The SMILES string of the molecule is COc1cccc2c1C(=O)c1c(O)c3c(c(O)c1C2=O)C[C@@](O)(CO)C[C@@H]3OC1CC(N)C(O)C(C)O1.Cl. The Morgan fingerprint density at radius 1 is 1.13 bits per heavy atom. The molecule has 12 heteroatoms. The first-order valence-electron chi connectivity index (χ1n) is 12.0. The number of benzene rings is 2. The van der Waals surface area contributed by atoms with Crippen LogP contribution in [0.3, 0.4) is 0 Å². The number of hydrogen-bond donors (Lipinski definition) is 6. The molecule has 11 nitrogen and oxygen atoms in total. The number of ketones is 2. The Hall–Kier alpha value is -2.77. The van der Waals surface area contributed by atoms with E-state index in [4.69, 9.17) is 19.9 Å². The number of hydrogen-bond acceptors (Lipinski definition) is 11. The Kier molecular flexibility index (Phi) is 7.49. The minimum atomic E-state index is -1.76. The third-order valence-corrected chi connectivity index (χ3v) is 7.52. The molecule has 1 saturated heterocycles. The molecule has 0 amide bonds. The number of ether oxygens (including phenoxy) is 3. The van der Waals surface area contributed by atoms with Crippen LogP contribution in [-0.4, -0.2) is 81.0 Å². The fraction of sp³-hybridized carbons (Fsp3) is 0.462. The van der Waals surface area contributed by atoms with Gasteiger partial charge >= 0.3 is 0 Å². The van der Waals surface area contributed by atoms with Crippen molar-refractivity contribution in [1.82, 2.24) is 0 Å². The lowest BCUT2D eigenvalue weighted by molar-refractivity contribution is -0.248. The minimum Gasteiger partial charge on any atom is -0.507 e. The lowest BCUT2D eigenvalue weighted by atomic mass is 9.73. The van der Waals surface area contributed by atoms with Crippen LogP contribution in [0.2, 0.25) is 0 Å². The van der Waals surface area contributed by atoms with Crippen molar-refractivity contribution < 1.29 is 49.3 Å². The summed E-state index contributed by atoms with van der Waals surface area (Å²) in [6.07, 6.45) is -4.12. The monoisotopic (exact) mass is 551 g/mol. The molecular weight excluding hydrogens is 522 g/mol. The summed E-state index contributed by atoms with van der Waals surface area (Å²) in [6.45, 7) is 0.921. The van der Waals surface area contributed by atoms with Crippen molar-refractivity contribution in [1.29, 1.82) is 0 Å². The number of methoxy groups -OCH3 is 1. The van der Waals surface area contributed by atoms with E-state index >= 15 is 0 Å². The zero-order valence-electron chi connectivity index (χ0n) is 20.7. The summed E-state index contributed by atoms with van der Waals surface area (Å²) >= 11 is 0. The summed E-state index contributed by atoms with van der Waals surface area (Å²) in [5.41, 5.74) is 3.40. The van der Waals surface area contributed by atoms with Gasteiger partial charge in [0.2, 0.25) is 5.78 Å². The molecule has 0 radical (unpaired) electrons. The standard InChI is InChI=1S/C26H29NO10.ClH/c1-10-21(29)13(27)6-16(36-10)37-15-8-26(34,9-28)7-12-18(15)25(33)20-19(23(12)31)22(30)11-4-3-5-14(35-2)17(11)24(20)32;/h3-5,10,13,15-16,21,28-29,31,33-34H,6-9,27H2,1-2H3;1H/t10?,13?,15-,16?,21?,26-;/m0./s1. The minimum absolute atomic E-state index is 0. The maximum absolute atomic E-state index is 13.6. The molecule has 7 N–H and O–H groups in total. The van der Waals surface area contributed by atoms with E-state index in [-0.39, 0.29) is 59.7 Å². The Labute approximate surface area is 224 Å². The van der Waals surface area contributed by atoms with Crippen molar-refractivity contribution in [2.45, 2.75) is 62.4 Å². The number of carbonyl (C=O) groups is 2. The second-order valence-electron chi connectivity index (χ2n) is 9.93. The van der Waals surface area contributed by atoms with Gasteiger partial charge in [-0.15, -0.1) is 12.4 Å².